The van der Waals surface area contributed by atoms with E-state index in [1.807, 2.05) is 24.3 Å². The highest BCUT2D eigenvalue weighted by atomic mass is 32.3. The number of amides is 3. The summed E-state index contributed by atoms with van der Waals surface area (Å²) < 4.78 is 5.17. The topological polar surface area (TPSA) is 108 Å². The summed E-state index contributed by atoms with van der Waals surface area (Å²) in [7, 11) is 0.661. The van der Waals surface area contributed by atoms with Crippen LogP contribution in [0.5, 0.6) is 5.75 Å². The van der Waals surface area contributed by atoms with Crippen LogP contribution in [0.15, 0.2) is 53.4 Å². The van der Waals surface area contributed by atoms with Crippen LogP contribution in [0.3, 0.4) is 0 Å². The van der Waals surface area contributed by atoms with E-state index in [0.29, 0.717) is 22.1 Å². The first-order valence-corrected chi connectivity index (χ1v) is 13.0. The second-order valence-corrected chi connectivity index (χ2v) is 12.6. The second kappa shape index (κ2) is 9.62. The lowest BCUT2D eigenvalue weighted by Crippen LogP contribution is -2.40. The zero-order chi connectivity index (χ0) is 23.5. The Hall–Kier alpha value is -3.04. The number of methoxy groups -OCH3 is 1. The Balaban J connectivity index is 1.80. The van der Waals surface area contributed by atoms with E-state index < -0.39 is 39.7 Å². The zero-order valence-corrected chi connectivity index (χ0v) is 19.4. The second-order valence-electron chi connectivity index (χ2n) is 8.44. The van der Waals surface area contributed by atoms with E-state index in [2.05, 4.69) is 29.4 Å². The fourth-order valence-corrected chi connectivity index (χ4v) is 4.34. The van der Waals surface area contributed by atoms with Crippen LogP contribution < -0.4 is 15.4 Å². The van der Waals surface area contributed by atoms with Gasteiger partial charge in [-0.2, -0.15) is 0 Å². The van der Waals surface area contributed by atoms with Gasteiger partial charge in [-0.15, -0.1) is 0 Å². The van der Waals surface area contributed by atoms with E-state index in [4.69, 9.17) is 4.74 Å². The minimum atomic E-state index is -0.982. The summed E-state index contributed by atoms with van der Waals surface area (Å²) in [5.41, 5.74) is 1.19. The Morgan fingerprint density at radius 2 is 1.72 bits per heavy atom. The maximum atomic E-state index is 13.1. The van der Waals surface area contributed by atoms with Crippen molar-refractivity contribution in [1.29, 1.82) is 0 Å². The summed E-state index contributed by atoms with van der Waals surface area (Å²) in [6, 6.07) is 13.5. The Bertz CT molecular complexity index is 986. The van der Waals surface area contributed by atoms with Crippen LogP contribution >= 0.6 is 10.0 Å². The highest BCUT2D eigenvalue weighted by molar-refractivity contribution is 8.32. The molecule has 8 nitrogen and oxygen atoms in total. The van der Waals surface area contributed by atoms with Crippen LogP contribution in [-0.2, 0) is 14.4 Å². The van der Waals surface area contributed by atoms with Crippen LogP contribution in [0, 0.1) is 5.92 Å². The number of hydrogen-bond acceptors (Lipinski definition) is 5. The largest absolute Gasteiger partial charge is 0.497 e. The highest BCUT2D eigenvalue weighted by Gasteiger charge is 2.35. The monoisotopic (exact) mass is 459 g/mol. The molecule has 2 unspecified atom stereocenters. The predicted octanol–water partition coefficient (Wildman–Crippen LogP) is 2.78. The van der Waals surface area contributed by atoms with E-state index in [-0.39, 0.29) is 13.0 Å². The van der Waals surface area contributed by atoms with Gasteiger partial charge in [0, 0.05) is 12.1 Å². The van der Waals surface area contributed by atoms with Gasteiger partial charge in [0.15, 0.2) is 0 Å². The third kappa shape index (κ3) is 5.60. The fourth-order valence-electron chi connectivity index (χ4n) is 3.38. The van der Waals surface area contributed by atoms with Gasteiger partial charge in [-0.25, -0.2) is 15.1 Å². The van der Waals surface area contributed by atoms with Gasteiger partial charge in [0.05, 0.1) is 19.6 Å². The summed E-state index contributed by atoms with van der Waals surface area (Å²) in [5.74, 6) is -1.51. The number of ether oxygens (including phenoxy) is 1. The maximum absolute atomic E-state index is 13.1. The number of hydrogen-bond donors (Lipinski definition) is 3. The molecule has 0 aliphatic carbocycles. The fraction of sp³-hybridized carbons (Fsp3) is 0.348. The van der Waals surface area contributed by atoms with E-state index in [1.165, 1.54) is 4.90 Å². The number of hydroxylamine groups is 2. The molecule has 1 saturated heterocycles. The van der Waals surface area contributed by atoms with Crippen LogP contribution in [0.25, 0.3) is 0 Å². The average molecular weight is 460 g/mol. The molecule has 2 atom stereocenters. The smallest absolute Gasteiger partial charge is 0.251 e. The zero-order valence-electron chi connectivity index (χ0n) is 18.6. The molecule has 1 heterocycles. The summed E-state index contributed by atoms with van der Waals surface area (Å²) >= 11 is 0. The number of nitrogens with one attached hydrogen (secondary N) is 2. The molecule has 0 spiro atoms. The minimum absolute atomic E-state index is 0.0990. The van der Waals surface area contributed by atoms with Crippen molar-refractivity contribution >= 4 is 33.4 Å². The molecular weight excluding hydrogens is 430 g/mol. The van der Waals surface area contributed by atoms with Gasteiger partial charge in [0.2, 0.25) is 11.8 Å². The number of carbonyl (C=O) groups is 3. The summed E-state index contributed by atoms with van der Waals surface area (Å²) in [5, 5.41) is 15.6. The summed E-state index contributed by atoms with van der Waals surface area (Å²) in [6.45, 7) is -0.0990. The van der Waals surface area contributed by atoms with Gasteiger partial charge in [0.1, 0.15) is 11.8 Å². The van der Waals surface area contributed by atoms with Crippen molar-refractivity contribution in [3.63, 3.8) is 0 Å². The Labute approximate surface area is 189 Å². The lowest BCUT2D eigenvalue weighted by atomic mass is 10.0. The number of benzene rings is 2. The first-order chi connectivity index (χ1) is 15.1. The third-order valence-electron chi connectivity index (χ3n) is 5.30. The minimum Gasteiger partial charge on any atom is -0.497 e. The van der Waals surface area contributed by atoms with Crippen molar-refractivity contribution < 1.29 is 24.3 Å². The molecule has 3 rings (SSSR count). The molecule has 3 N–H and O–H groups in total. The summed E-state index contributed by atoms with van der Waals surface area (Å²) in [6.07, 6.45) is 6.47. The van der Waals surface area contributed by atoms with Crippen LogP contribution in [-0.4, -0.2) is 60.4 Å². The molecule has 0 saturated carbocycles. The third-order valence-corrected chi connectivity index (χ3v) is 6.99. The molecule has 0 aromatic heterocycles. The molecule has 0 bridgehead atoms. The quantitative estimate of drug-likeness (QED) is 0.552. The molecule has 0 radical (unpaired) electrons. The predicted molar refractivity (Wildman–Crippen MR) is 124 cm³/mol. The van der Waals surface area contributed by atoms with Gasteiger partial charge in [-0.1, -0.05) is 12.1 Å². The van der Waals surface area contributed by atoms with Crippen molar-refractivity contribution in [2.24, 2.45) is 5.92 Å². The Kier molecular flexibility index (Phi) is 7.10. The van der Waals surface area contributed by atoms with Crippen LogP contribution in [0.2, 0.25) is 0 Å². The van der Waals surface area contributed by atoms with Crippen molar-refractivity contribution in [2.75, 3.05) is 37.7 Å². The van der Waals surface area contributed by atoms with Gasteiger partial charge in [-0.05, 0) is 65.6 Å². The first-order valence-electron chi connectivity index (χ1n) is 10.1. The van der Waals surface area contributed by atoms with E-state index in [1.54, 1.807) is 31.4 Å². The molecule has 32 heavy (non-hydrogen) atoms. The van der Waals surface area contributed by atoms with E-state index in [9.17, 15) is 19.6 Å². The van der Waals surface area contributed by atoms with Crippen molar-refractivity contribution in [3.05, 3.63) is 54.1 Å². The maximum Gasteiger partial charge on any atom is 0.251 e. The highest BCUT2D eigenvalue weighted by Crippen LogP contribution is 2.45. The normalized spacial score (nSPS) is 17.6. The lowest BCUT2D eigenvalue weighted by Gasteiger charge is -2.26. The van der Waals surface area contributed by atoms with E-state index in [0.717, 1.165) is 0 Å². The molecular formula is C23H29N3O5S. The average Bonchev–Trinajstić information content (AvgIpc) is 3.10. The molecule has 1 fully saturated rings. The number of nitrogens with zero attached hydrogens (tertiary/aromatic N) is 1. The van der Waals surface area contributed by atoms with Crippen LogP contribution in [0.1, 0.15) is 18.0 Å². The molecule has 1 aliphatic rings. The standard InChI is InChI=1S/C23H29N3O5S/c1-31-18-9-5-15(6-10-18)21(25-22(28)16-13-20(27)26(30)14-16)23(29)24-17-7-11-19(12-8-17)32(2,3)4/h5-12,16,21,30H,13-14H2,1-4H3,(H,24,29)(H,25,28). The first kappa shape index (κ1) is 23.6. The Morgan fingerprint density at radius 3 is 2.22 bits per heavy atom. The van der Waals surface area contributed by atoms with Crippen molar-refractivity contribution in [2.45, 2.75) is 17.4 Å². The van der Waals surface area contributed by atoms with Gasteiger partial charge in [-0.3, -0.25) is 19.6 Å². The lowest BCUT2D eigenvalue weighted by molar-refractivity contribution is -0.157. The SMILES string of the molecule is COc1ccc(C(NC(=O)C2CC(=O)N(O)C2)C(=O)Nc2ccc(S(C)(C)C)cc2)cc1. The van der Waals surface area contributed by atoms with Crippen molar-refractivity contribution in [1.82, 2.24) is 10.4 Å². The number of rotatable bonds is 7. The van der Waals surface area contributed by atoms with Crippen molar-refractivity contribution in [3.8, 4) is 5.75 Å². The molecule has 2 aromatic carbocycles. The number of carbonyl (C=O) groups excluding carboxylic acids is 3. The van der Waals surface area contributed by atoms with Gasteiger partial charge in [0.25, 0.3) is 5.91 Å². The molecule has 172 valence electrons. The molecule has 2 aromatic rings. The van der Waals surface area contributed by atoms with Crippen LogP contribution in [0.4, 0.5) is 5.69 Å². The van der Waals surface area contributed by atoms with E-state index >= 15 is 0 Å². The van der Waals surface area contributed by atoms with Gasteiger partial charge < -0.3 is 15.4 Å². The molecule has 9 heteroatoms. The number of anilines is 1. The molecule has 3 amide bonds. The Morgan fingerprint density at radius 1 is 1.09 bits per heavy atom. The molecule has 1 aliphatic heterocycles. The van der Waals surface area contributed by atoms with Gasteiger partial charge >= 0.3 is 0 Å². The summed E-state index contributed by atoms with van der Waals surface area (Å²) in [4.78, 5) is 38.7.